The predicted molar refractivity (Wildman–Crippen MR) is 72.3 cm³/mol. The molecule has 1 heterocycles. The van der Waals surface area contributed by atoms with Crippen molar-refractivity contribution in [3.63, 3.8) is 0 Å². The van der Waals surface area contributed by atoms with Gasteiger partial charge in [-0.3, -0.25) is 0 Å². The highest BCUT2D eigenvalue weighted by Crippen LogP contribution is 2.27. The first-order chi connectivity index (χ1) is 7.91. The average Bonchev–Trinajstić information content (AvgIpc) is 2.45. The zero-order valence-corrected chi connectivity index (χ0v) is 11.7. The van der Waals surface area contributed by atoms with Crippen molar-refractivity contribution in [3.05, 3.63) is 45.2 Å². The molecule has 0 aliphatic heterocycles. The Morgan fingerprint density at radius 3 is 1.94 bits per heavy atom. The molecule has 0 saturated carbocycles. The van der Waals surface area contributed by atoms with Gasteiger partial charge in [0.05, 0.1) is 11.4 Å². The van der Waals surface area contributed by atoms with Crippen molar-refractivity contribution in [1.82, 2.24) is 9.78 Å². The summed E-state index contributed by atoms with van der Waals surface area (Å²) in [5.41, 5.74) is 6.79. The number of benzene rings is 1. The van der Waals surface area contributed by atoms with Crippen LogP contribution in [0.15, 0.2) is 12.1 Å². The van der Waals surface area contributed by atoms with Crippen LogP contribution in [0, 0.1) is 34.6 Å². The predicted octanol–water partition coefficient (Wildman–Crippen LogP) is 4.07. The van der Waals surface area contributed by atoms with E-state index in [1.165, 1.54) is 16.7 Å². The van der Waals surface area contributed by atoms with Crippen molar-refractivity contribution in [2.45, 2.75) is 34.6 Å². The van der Waals surface area contributed by atoms with Crippen LogP contribution < -0.4 is 0 Å². The van der Waals surface area contributed by atoms with Gasteiger partial charge < -0.3 is 0 Å². The standard InChI is InChI=1S/C14H17ClN2/c1-8-6-9(2)13(10(3)7-8)17-14(15)11(4)12(5)16-17/h6-7H,1-5H3. The molecule has 1 aromatic carbocycles. The van der Waals surface area contributed by atoms with E-state index in [0.29, 0.717) is 5.15 Å². The summed E-state index contributed by atoms with van der Waals surface area (Å²) in [6.45, 7) is 10.3. The van der Waals surface area contributed by atoms with Gasteiger partial charge in [-0.25, -0.2) is 4.68 Å². The Hall–Kier alpha value is -1.28. The van der Waals surface area contributed by atoms with Crippen LogP contribution >= 0.6 is 11.6 Å². The maximum Gasteiger partial charge on any atom is 0.136 e. The number of aryl methyl sites for hydroxylation is 4. The molecule has 17 heavy (non-hydrogen) atoms. The molecule has 0 amide bonds. The molecule has 0 N–H and O–H groups in total. The van der Waals surface area contributed by atoms with Gasteiger partial charge in [-0.05, 0) is 45.7 Å². The van der Waals surface area contributed by atoms with Crippen molar-refractivity contribution in [2.75, 3.05) is 0 Å². The Morgan fingerprint density at radius 1 is 1.00 bits per heavy atom. The molecule has 0 bridgehead atoms. The minimum absolute atomic E-state index is 0.706. The van der Waals surface area contributed by atoms with Crippen LogP contribution in [0.4, 0.5) is 0 Å². The SMILES string of the molecule is Cc1cc(C)c(-n2nc(C)c(C)c2Cl)c(C)c1. The summed E-state index contributed by atoms with van der Waals surface area (Å²) in [5, 5.41) is 5.22. The molecule has 2 rings (SSSR count). The Kier molecular flexibility index (Phi) is 3.00. The summed E-state index contributed by atoms with van der Waals surface area (Å²) < 4.78 is 1.84. The molecular weight excluding hydrogens is 232 g/mol. The summed E-state index contributed by atoms with van der Waals surface area (Å²) in [4.78, 5) is 0. The number of rotatable bonds is 1. The Labute approximate surface area is 107 Å². The molecule has 2 nitrogen and oxygen atoms in total. The third-order valence-electron chi connectivity index (χ3n) is 3.14. The minimum atomic E-state index is 0.706. The van der Waals surface area contributed by atoms with Gasteiger partial charge in [-0.15, -0.1) is 0 Å². The van der Waals surface area contributed by atoms with E-state index in [4.69, 9.17) is 11.6 Å². The van der Waals surface area contributed by atoms with Crippen molar-refractivity contribution < 1.29 is 0 Å². The summed E-state index contributed by atoms with van der Waals surface area (Å²) in [5.74, 6) is 0. The topological polar surface area (TPSA) is 17.8 Å². The first kappa shape index (κ1) is 12.2. The van der Waals surface area contributed by atoms with Gasteiger partial charge in [0.1, 0.15) is 5.15 Å². The highest BCUT2D eigenvalue weighted by Gasteiger charge is 2.14. The second kappa shape index (κ2) is 4.19. The van der Waals surface area contributed by atoms with Crippen LogP contribution in [-0.2, 0) is 0 Å². The lowest BCUT2D eigenvalue weighted by atomic mass is 10.1. The third kappa shape index (κ3) is 1.98. The first-order valence-electron chi connectivity index (χ1n) is 5.71. The molecule has 1 aromatic heterocycles. The lowest BCUT2D eigenvalue weighted by Crippen LogP contribution is -2.03. The van der Waals surface area contributed by atoms with E-state index in [0.717, 1.165) is 16.9 Å². The molecule has 0 saturated heterocycles. The fourth-order valence-electron chi connectivity index (χ4n) is 2.23. The van der Waals surface area contributed by atoms with E-state index >= 15 is 0 Å². The Morgan fingerprint density at radius 2 is 1.53 bits per heavy atom. The molecular formula is C14H17ClN2. The maximum absolute atomic E-state index is 6.33. The normalized spacial score (nSPS) is 10.9. The largest absolute Gasteiger partial charge is 0.221 e. The van der Waals surface area contributed by atoms with Gasteiger partial charge in [0.2, 0.25) is 0 Å². The first-order valence-corrected chi connectivity index (χ1v) is 6.09. The number of halogens is 1. The Bertz CT molecular complexity index is 559. The van der Waals surface area contributed by atoms with Gasteiger partial charge in [0.15, 0.2) is 0 Å². The highest BCUT2D eigenvalue weighted by atomic mass is 35.5. The molecule has 0 atom stereocenters. The van der Waals surface area contributed by atoms with Crippen molar-refractivity contribution in [3.8, 4) is 5.69 Å². The van der Waals surface area contributed by atoms with E-state index in [9.17, 15) is 0 Å². The number of hydrogen-bond acceptors (Lipinski definition) is 1. The fraction of sp³-hybridized carbons (Fsp3) is 0.357. The Balaban J connectivity index is 2.73. The van der Waals surface area contributed by atoms with Gasteiger partial charge in [-0.1, -0.05) is 29.3 Å². The van der Waals surface area contributed by atoms with Crippen LogP contribution in [0.1, 0.15) is 27.9 Å². The second-order valence-electron chi connectivity index (χ2n) is 4.66. The smallest absolute Gasteiger partial charge is 0.136 e. The zero-order chi connectivity index (χ0) is 12.7. The monoisotopic (exact) mass is 248 g/mol. The molecule has 0 aliphatic carbocycles. The minimum Gasteiger partial charge on any atom is -0.221 e. The van der Waals surface area contributed by atoms with E-state index in [2.05, 4.69) is 38.0 Å². The van der Waals surface area contributed by atoms with Gasteiger partial charge in [0.25, 0.3) is 0 Å². The number of aromatic nitrogens is 2. The zero-order valence-electron chi connectivity index (χ0n) is 10.9. The van der Waals surface area contributed by atoms with Crippen LogP contribution in [-0.4, -0.2) is 9.78 Å². The molecule has 3 heteroatoms. The average molecular weight is 249 g/mol. The van der Waals surface area contributed by atoms with Crippen LogP contribution in [0.5, 0.6) is 0 Å². The lowest BCUT2D eigenvalue weighted by molar-refractivity contribution is 0.848. The van der Waals surface area contributed by atoms with Gasteiger partial charge >= 0.3 is 0 Å². The molecule has 0 aliphatic rings. The van der Waals surface area contributed by atoms with E-state index in [-0.39, 0.29) is 0 Å². The van der Waals surface area contributed by atoms with E-state index in [1.54, 1.807) is 0 Å². The maximum atomic E-state index is 6.33. The van der Waals surface area contributed by atoms with E-state index in [1.807, 2.05) is 18.5 Å². The molecule has 2 aromatic rings. The van der Waals surface area contributed by atoms with E-state index < -0.39 is 0 Å². The van der Waals surface area contributed by atoms with Gasteiger partial charge in [-0.2, -0.15) is 5.10 Å². The molecule has 0 unspecified atom stereocenters. The van der Waals surface area contributed by atoms with Gasteiger partial charge in [0, 0.05) is 5.56 Å². The molecule has 0 fully saturated rings. The van der Waals surface area contributed by atoms with Crippen LogP contribution in [0.25, 0.3) is 5.69 Å². The highest BCUT2D eigenvalue weighted by molar-refractivity contribution is 6.30. The molecule has 0 spiro atoms. The van der Waals surface area contributed by atoms with Crippen LogP contribution in [0.2, 0.25) is 5.15 Å². The summed E-state index contributed by atoms with van der Waals surface area (Å²) in [6, 6.07) is 4.32. The third-order valence-corrected chi connectivity index (χ3v) is 3.58. The summed E-state index contributed by atoms with van der Waals surface area (Å²) in [7, 11) is 0. The summed E-state index contributed by atoms with van der Waals surface area (Å²) >= 11 is 6.33. The molecule has 0 radical (unpaired) electrons. The molecule has 90 valence electrons. The van der Waals surface area contributed by atoms with Crippen molar-refractivity contribution in [1.29, 1.82) is 0 Å². The van der Waals surface area contributed by atoms with Crippen molar-refractivity contribution in [2.24, 2.45) is 0 Å². The van der Waals surface area contributed by atoms with Crippen LogP contribution in [0.3, 0.4) is 0 Å². The fourth-order valence-corrected chi connectivity index (χ4v) is 2.49. The number of hydrogen-bond donors (Lipinski definition) is 0. The number of nitrogens with zero attached hydrogens (tertiary/aromatic N) is 2. The lowest BCUT2D eigenvalue weighted by Gasteiger charge is -2.12. The van der Waals surface area contributed by atoms with Crippen molar-refractivity contribution >= 4 is 11.6 Å². The summed E-state index contributed by atoms with van der Waals surface area (Å²) in [6.07, 6.45) is 0. The quantitative estimate of drug-likeness (QED) is 0.744. The second-order valence-corrected chi connectivity index (χ2v) is 5.02.